The van der Waals surface area contributed by atoms with Gasteiger partial charge >= 0.3 is 18.3 Å². The molecule has 0 saturated heterocycles. The third kappa shape index (κ3) is 24.9. The Balaban J connectivity index is 0.000000209. The second kappa shape index (κ2) is 28.0. The van der Waals surface area contributed by atoms with E-state index in [1.165, 1.54) is 56.5 Å². The number of hydrogen-bond donors (Lipinski definition) is 4. The van der Waals surface area contributed by atoms with E-state index in [1.54, 1.807) is 26.2 Å². The SMILES string of the molecule is CC(C)(C)OC(=O)Nc1nc(/C=C/c2ccccc2)cs1.CC(C)(C)OC(=O)Nc1nc(C=O)cs1.CC(C)(C)OC(=O)Nc1nc(CCc2ccccc2)cs1.Nc1nc(/C=C/c2ccccc2)cs1. The number of nitrogens with two attached hydrogens (primary N) is 1. The van der Waals surface area contributed by atoms with E-state index in [1.807, 2.05) is 161 Å². The summed E-state index contributed by atoms with van der Waals surface area (Å²) in [7, 11) is 0. The average molecular weight is 1040 g/mol. The zero-order valence-corrected chi connectivity index (χ0v) is 44.4. The molecule has 7 aromatic rings. The second-order valence-corrected chi connectivity index (χ2v) is 21.3. The molecule has 374 valence electrons. The summed E-state index contributed by atoms with van der Waals surface area (Å²) >= 11 is 5.41. The smallest absolute Gasteiger partial charge is 0.413 e. The lowest BCUT2D eigenvalue weighted by atomic mass is 10.1. The molecule has 71 heavy (non-hydrogen) atoms. The summed E-state index contributed by atoms with van der Waals surface area (Å²) in [6, 6.07) is 30.4. The van der Waals surface area contributed by atoms with Crippen LogP contribution in [-0.4, -0.2) is 61.3 Å². The van der Waals surface area contributed by atoms with Gasteiger partial charge in [0.2, 0.25) is 0 Å². The van der Waals surface area contributed by atoms with Gasteiger partial charge in [0.1, 0.15) is 22.5 Å². The molecule has 5 N–H and O–H groups in total. The monoisotopic (exact) mass is 1040 g/mol. The lowest BCUT2D eigenvalue weighted by Gasteiger charge is -2.18. The number of aryl methyl sites for hydroxylation is 2. The topological polar surface area (TPSA) is 210 Å². The van der Waals surface area contributed by atoms with E-state index >= 15 is 0 Å². The third-order valence-electron chi connectivity index (χ3n) is 8.08. The molecule has 7 rings (SSSR count). The minimum Gasteiger partial charge on any atom is -0.444 e. The molecule has 0 aliphatic carbocycles. The Morgan fingerprint density at radius 2 is 0.873 bits per heavy atom. The first-order valence-electron chi connectivity index (χ1n) is 22.1. The Kier molecular flexibility index (Phi) is 22.3. The number of nitrogens with zero attached hydrogens (tertiary/aromatic N) is 4. The molecule has 3 aromatic carbocycles. The van der Waals surface area contributed by atoms with Crippen molar-refractivity contribution < 1.29 is 33.4 Å². The number of benzene rings is 3. The summed E-state index contributed by atoms with van der Waals surface area (Å²) in [4.78, 5) is 61.6. The fraction of sp³-hybridized carbons (Fsp3) is 0.269. The van der Waals surface area contributed by atoms with Gasteiger partial charge in [-0.25, -0.2) is 34.3 Å². The first kappa shape index (κ1) is 56.5. The van der Waals surface area contributed by atoms with Crippen LogP contribution in [0.15, 0.2) is 113 Å². The highest BCUT2D eigenvalue weighted by molar-refractivity contribution is 7.14. The third-order valence-corrected chi connectivity index (χ3v) is 11.1. The molecule has 15 nitrogen and oxygen atoms in total. The highest BCUT2D eigenvalue weighted by Gasteiger charge is 2.19. The summed E-state index contributed by atoms with van der Waals surface area (Å²) in [6.45, 7) is 16.3. The molecule has 4 aromatic heterocycles. The van der Waals surface area contributed by atoms with Crippen LogP contribution in [0.1, 0.15) is 107 Å². The Bertz CT molecular complexity index is 2770. The van der Waals surface area contributed by atoms with E-state index in [-0.39, 0.29) is 0 Å². The maximum atomic E-state index is 11.7. The minimum atomic E-state index is -0.575. The van der Waals surface area contributed by atoms with Gasteiger partial charge in [-0.2, -0.15) is 0 Å². The molecule has 0 saturated carbocycles. The van der Waals surface area contributed by atoms with Gasteiger partial charge in [0.15, 0.2) is 26.8 Å². The number of thiazole rings is 4. The van der Waals surface area contributed by atoms with E-state index in [4.69, 9.17) is 19.9 Å². The Morgan fingerprint density at radius 3 is 1.28 bits per heavy atom. The molecule has 0 atom stereocenters. The number of nitrogen functional groups attached to an aromatic ring is 1. The number of rotatable bonds is 11. The summed E-state index contributed by atoms with van der Waals surface area (Å²) in [5.41, 5.74) is 10.5. The van der Waals surface area contributed by atoms with Crippen LogP contribution in [0, 0.1) is 0 Å². The van der Waals surface area contributed by atoms with Crippen molar-refractivity contribution in [3.05, 3.63) is 152 Å². The van der Waals surface area contributed by atoms with E-state index in [2.05, 4.69) is 48.0 Å². The van der Waals surface area contributed by atoms with Crippen LogP contribution >= 0.6 is 45.3 Å². The fourth-order valence-corrected chi connectivity index (χ4v) is 7.82. The molecule has 19 heteroatoms. The second-order valence-electron chi connectivity index (χ2n) is 17.9. The molecule has 0 aliphatic heterocycles. The van der Waals surface area contributed by atoms with Gasteiger partial charge in [-0.15, -0.1) is 45.3 Å². The Labute approximate surface area is 431 Å². The highest BCUT2D eigenvalue weighted by atomic mass is 32.1. The molecule has 0 radical (unpaired) electrons. The quantitative estimate of drug-likeness (QED) is 0.0704. The van der Waals surface area contributed by atoms with Gasteiger partial charge in [-0.3, -0.25) is 20.7 Å². The number of nitrogens with one attached hydrogen (secondary N) is 3. The van der Waals surface area contributed by atoms with Crippen molar-refractivity contribution in [3.8, 4) is 0 Å². The van der Waals surface area contributed by atoms with Gasteiger partial charge < -0.3 is 19.9 Å². The summed E-state index contributed by atoms with van der Waals surface area (Å²) in [5.74, 6) is 0. The van der Waals surface area contributed by atoms with E-state index in [0.29, 0.717) is 32.5 Å². The summed E-state index contributed by atoms with van der Waals surface area (Å²) in [5, 5.41) is 17.1. The fourth-order valence-electron chi connectivity index (χ4n) is 5.26. The van der Waals surface area contributed by atoms with Gasteiger partial charge in [-0.05, 0) is 104 Å². The first-order valence-corrected chi connectivity index (χ1v) is 25.6. The number of hydrogen-bond acceptors (Lipinski definition) is 16. The number of carbonyl (C=O) groups is 4. The molecule has 4 heterocycles. The number of amides is 3. The van der Waals surface area contributed by atoms with E-state index < -0.39 is 35.1 Å². The van der Waals surface area contributed by atoms with Crippen molar-refractivity contribution in [3.63, 3.8) is 0 Å². The molecular formula is C52H60N8O7S4. The van der Waals surface area contributed by atoms with Crippen molar-refractivity contribution >= 4 is 115 Å². The van der Waals surface area contributed by atoms with Crippen LogP contribution in [0.3, 0.4) is 0 Å². The zero-order chi connectivity index (χ0) is 51.9. The molecule has 0 fully saturated rings. The predicted molar refractivity (Wildman–Crippen MR) is 292 cm³/mol. The lowest BCUT2D eigenvalue weighted by molar-refractivity contribution is 0.0624. The molecule has 0 spiro atoms. The number of carbonyl (C=O) groups excluding carboxylic acids is 4. The number of anilines is 4. The van der Waals surface area contributed by atoms with Crippen LogP contribution in [-0.2, 0) is 27.1 Å². The number of aromatic nitrogens is 4. The van der Waals surface area contributed by atoms with E-state index in [0.717, 1.165) is 35.5 Å². The van der Waals surface area contributed by atoms with Crippen molar-refractivity contribution in [1.29, 1.82) is 0 Å². The van der Waals surface area contributed by atoms with Gasteiger partial charge in [0.25, 0.3) is 0 Å². The number of ether oxygens (including phenoxy) is 3. The molecule has 0 aliphatic rings. The van der Waals surface area contributed by atoms with Crippen molar-refractivity contribution in [2.24, 2.45) is 0 Å². The normalized spacial score (nSPS) is 11.2. The van der Waals surface area contributed by atoms with Gasteiger partial charge in [0.05, 0.1) is 17.1 Å². The minimum absolute atomic E-state index is 0.297. The van der Waals surface area contributed by atoms with Crippen LogP contribution in [0.25, 0.3) is 24.3 Å². The van der Waals surface area contributed by atoms with Crippen LogP contribution in [0.4, 0.5) is 34.9 Å². The van der Waals surface area contributed by atoms with Crippen LogP contribution in [0.5, 0.6) is 0 Å². The first-order chi connectivity index (χ1) is 33.6. The van der Waals surface area contributed by atoms with Crippen LogP contribution in [0.2, 0.25) is 0 Å². The van der Waals surface area contributed by atoms with Gasteiger partial charge in [0, 0.05) is 21.5 Å². The predicted octanol–water partition coefficient (Wildman–Crippen LogP) is 14.1. The van der Waals surface area contributed by atoms with Crippen molar-refractivity contribution in [1.82, 2.24) is 19.9 Å². The standard InChI is InChI=1S/C16H20N2O2S.C16H18N2O2S.C11H10N2S.C9H12N2O3S/c2*1-16(2,3)20-15(19)18-14-17-13(11-21-14)10-9-12-7-5-4-6-8-12;12-11-13-10(8-14-11)7-6-9-4-2-1-3-5-9;1-9(2,3)14-8(13)11-7-10-6(4-12)5-15-7/h4-8,11H,9-10H2,1-3H3,(H,17,18,19);4-11H,1-3H3,(H,17,18,19);1-8H,(H2,12,13);4-5H,1-3H3,(H,10,11,13)/b;10-9+;7-6+;. The highest BCUT2D eigenvalue weighted by Crippen LogP contribution is 2.21. The molecule has 0 unspecified atom stereocenters. The zero-order valence-electron chi connectivity index (χ0n) is 41.1. The molecule has 3 amide bonds. The van der Waals surface area contributed by atoms with E-state index in [9.17, 15) is 19.2 Å². The Hall–Kier alpha value is -7.06. The van der Waals surface area contributed by atoms with Crippen molar-refractivity contribution in [2.45, 2.75) is 92.0 Å². The number of aldehydes is 1. The largest absolute Gasteiger partial charge is 0.444 e. The maximum absolute atomic E-state index is 11.7. The van der Waals surface area contributed by atoms with Gasteiger partial charge in [-0.1, -0.05) is 103 Å². The van der Waals surface area contributed by atoms with Crippen LogP contribution < -0.4 is 21.7 Å². The van der Waals surface area contributed by atoms with Crippen molar-refractivity contribution in [2.75, 3.05) is 21.7 Å². The Morgan fingerprint density at radius 1 is 0.493 bits per heavy atom. The average Bonchev–Trinajstić information content (AvgIpc) is 4.13. The lowest BCUT2D eigenvalue weighted by Crippen LogP contribution is -2.27. The summed E-state index contributed by atoms with van der Waals surface area (Å²) < 4.78 is 15.4. The molecule has 0 bridgehead atoms. The maximum Gasteiger partial charge on any atom is 0.413 e. The summed E-state index contributed by atoms with van der Waals surface area (Å²) in [6.07, 6.45) is 8.76. The molecular weight excluding hydrogens is 977 g/mol.